The molecule has 0 aromatic carbocycles. The molecule has 0 amide bonds. The fourth-order valence-electron chi connectivity index (χ4n) is 0.683. The number of hydrogen-bond acceptors (Lipinski definition) is 1. The maximum absolute atomic E-state index is 13.1. The van der Waals surface area contributed by atoms with E-state index >= 15 is 0 Å². The SMILES string of the molecule is FC(F)(F)C(F)(F)C(F)(F)O[C@](F)(/C=C\I)C(F)(F)F. The van der Waals surface area contributed by atoms with Crippen LogP contribution in [0.15, 0.2) is 10.2 Å². The van der Waals surface area contributed by atoms with Crippen molar-refractivity contribution < 1.29 is 53.0 Å². The van der Waals surface area contributed by atoms with Crippen molar-refractivity contribution in [3.63, 3.8) is 0 Å². The Balaban J connectivity index is 5.66. The lowest BCUT2D eigenvalue weighted by Gasteiger charge is -2.33. The molecule has 0 bridgehead atoms. The van der Waals surface area contributed by atoms with Crippen LogP contribution in [0.25, 0.3) is 0 Å². The molecule has 120 valence electrons. The zero-order chi connectivity index (χ0) is 16.6. The van der Waals surface area contributed by atoms with Gasteiger partial charge in [0.1, 0.15) is 0 Å². The second-order valence-corrected chi connectivity index (χ2v) is 3.85. The van der Waals surface area contributed by atoms with Crippen LogP contribution < -0.4 is 0 Å². The highest BCUT2D eigenvalue weighted by Crippen LogP contribution is 2.51. The lowest BCUT2D eigenvalue weighted by atomic mass is 10.2. The Hall–Kier alpha value is -0.340. The van der Waals surface area contributed by atoms with Gasteiger partial charge >= 0.3 is 30.2 Å². The standard InChI is InChI=1S/C7H2F11IO/c8-3(1-2-19,5(11,12)13)20-7(17,18)4(9,10)6(14,15)16/h1-2H/b2-1-/t3-/m1/s1. The van der Waals surface area contributed by atoms with E-state index in [2.05, 4.69) is 4.74 Å². The topological polar surface area (TPSA) is 9.23 Å². The molecule has 0 aromatic heterocycles. The molecular weight excluding hydrogens is 436 g/mol. The highest BCUT2D eigenvalue weighted by atomic mass is 127. The second kappa shape index (κ2) is 5.46. The van der Waals surface area contributed by atoms with Crippen LogP contribution in [-0.4, -0.2) is 30.2 Å². The minimum atomic E-state index is -7.03. The van der Waals surface area contributed by atoms with E-state index in [4.69, 9.17) is 0 Å². The summed E-state index contributed by atoms with van der Waals surface area (Å²) in [6.45, 7) is 0. The van der Waals surface area contributed by atoms with Gasteiger partial charge in [-0.1, -0.05) is 22.6 Å². The van der Waals surface area contributed by atoms with E-state index in [1.165, 1.54) is 0 Å². The van der Waals surface area contributed by atoms with Gasteiger partial charge in [-0.3, -0.25) is 4.74 Å². The first kappa shape index (κ1) is 19.7. The molecule has 0 saturated carbocycles. The lowest BCUT2D eigenvalue weighted by molar-refractivity contribution is -0.473. The van der Waals surface area contributed by atoms with E-state index in [0.717, 1.165) is 22.6 Å². The molecule has 0 rings (SSSR count). The van der Waals surface area contributed by atoms with Gasteiger partial charge in [0.25, 0.3) is 0 Å². The van der Waals surface area contributed by atoms with Crippen LogP contribution >= 0.6 is 22.6 Å². The van der Waals surface area contributed by atoms with E-state index in [1.54, 1.807) is 0 Å². The summed E-state index contributed by atoms with van der Waals surface area (Å²) < 4.78 is 136. The van der Waals surface area contributed by atoms with Gasteiger partial charge in [-0.15, -0.1) is 0 Å². The molecule has 0 N–H and O–H groups in total. The molecule has 0 fully saturated rings. The summed E-state index contributed by atoms with van der Waals surface area (Å²) in [5, 5.41) is 0. The summed E-state index contributed by atoms with van der Waals surface area (Å²) in [6.07, 6.45) is -20.8. The monoisotopic (exact) mass is 438 g/mol. The molecule has 0 aromatic rings. The number of hydrogen-bond donors (Lipinski definition) is 0. The van der Waals surface area contributed by atoms with Gasteiger partial charge in [0.2, 0.25) is 0 Å². The van der Waals surface area contributed by atoms with E-state index in [0.29, 0.717) is 0 Å². The largest absolute Gasteiger partial charge is 0.462 e. The molecule has 1 nitrogen and oxygen atoms in total. The van der Waals surface area contributed by atoms with Crippen molar-refractivity contribution in [2.24, 2.45) is 0 Å². The van der Waals surface area contributed by atoms with Gasteiger partial charge in [0.05, 0.1) is 0 Å². The molecule has 0 spiro atoms. The van der Waals surface area contributed by atoms with Crippen molar-refractivity contribution in [1.82, 2.24) is 0 Å². The Morgan fingerprint density at radius 1 is 0.700 bits per heavy atom. The zero-order valence-corrected chi connectivity index (χ0v) is 10.8. The van der Waals surface area contributed by atoms with Gasteiger partial charge in [-0.2, -0.15) is 48.3 Å². The molecule has 1 atom stereocenters. The lowest BCUT2D eigenvalue weighted by Crippen LogP contribution is -2.58. The summed E-state index contributed by atoms with van der Waals surface area (Å²) in [7, 11) is 0. The molecule has 0 heterocycles. The third-order valence-corrected chi connectivity index (χ3v) is 2.02. The third-order valence-electron chi connectivity index (χ3n) is 1.66. The van der Waals surface area contributed by atoms with Gasteiger partial charge < -0.3 is 0 Å². The van der Waals surface area contributed by atoms with Crippen LogP contribution in [0.2, 0.25) is 0 Å². The third kappa shape index (κ3) is 3.65. The van der Waals surface area contributed by atoms with Gasteiger partial charge in [-0.05, 0) is 10.2 Å². The summed E-state index contributed by atoms with van der Waals surface area (Å²) in [4.78, 5) is 0. The van der Waals surface area contributed by atoms with E-state index in [9.17, 15) is 48.3 Å². The predicted octanol–water partition coefficient (Wildman–Crippen LogP) is 4.97. The van der Waals surface area contributed by atoms with Crippen molar-refractivity contribution in [3.05, 3.63) is 10.2 Å². The van der Waals surface area contributed by atoms with E-state index in [1.807, 2.05) is 0 Å². The highest BCUT2D eigenvalue weighted by Gasteiger charge is 2.77. The first-order chi connectivity index (χ1) is 8.52. The first-order valence-corrected chi connectivity index (χ1v) is 5.32. The Bertz CT molecular complexity index is 370. The van der Waals surface area contributed by atoms with Crippen LogP contribution in [0.1, 0.15) is 0 Å². The van der Waals surface area contributed by atoms with Crippen LogP contribution in [0, 0.1) is 0 Å². The van der Waals surface area contributed by atoms with Gasteiger partial charge in [-0.25, -0.2) is 0 Å². The maximum atomic E-state index is 13.1. The number of halogens is 12. The number of rotatable bonds is 4. The quantitative estimate of drug-likeness (QED) is 0.445. The molecule has 0 saturated heterocycles. The molecule has 0 aliphatic rings. The fraction of sp³-hybridized carbons (Fsp3) is 0.714. The van der Waals surface area contributed by atoms with E-state index < -0.39 is 36.3 Å². The Kier molecular flexibility index (Phi) is 5.36. The molecule has 20 heavy (non-hydrogen) atoms. The first-order valence-electron chi connectivity index (χ1n) is 4.08. The van der Waals surface area contributed by atoms with Gasteiger partial charge in [0, 0.05) is 0 Å². The zero-order valence-electron chi connectivity index (χ0n) is 8.60. The normalized spacial score (nSPS) is 18.4. The summed E-state index contributed by atoms with van der Waals surface area (Å²) in [5.41, 5.74) is 0. The summed E-state index contributed by atoms with van der Waals surface area (Å²) in [5.74, 6) is -12.5. The summed E-state index contributed by atoms with van der Waals surface area (Å²) in [6, 6.07) is 0. The Labute approximate surface area is 116 Å². The molecule has 0 radical (unpaired) electrons. The molecule has 13 heteroatoms. The van der Waals surface area contributed by atoms with Crippen LogP contribution in [-0.2, 0) is 4.74 Å². The highest BCUT2D eigenvalue weighted by molar-refractivity contribution is 14.1. The Morgan fingerprint density at radius 3 is 1.35 bits per heavy atom. The summed E-state index contributed by atoms with van der Waals surface area (Å²) >= 11 is 0.886. The molecule has 0 aliphatic carbocycles. The van der Waals surface area contributed by atoms with Crippen molar-refractivity contribution in [1.29, 1.82) is 0 Å². The van der Waals surface area contributed by atoms with Crippen LogP contribution in [0.5, 0.6) is 0 Å². The van der Waals surface area contributed by atoms with Crippen molar-refractivity contribution in [3.8, 4) is 0 Å². The minimum Gasteiger partial charge on any atom is -0.266 e. The molecule has 0 aliphatic heterocycles. The van der Waals surface area contributed by atoms with E-state index in [-0.39, 0.29) is 4.08 Å². The van der Waals surface area contributed by atoms with Crippen molar-refractivity contribution in [2.45, 2.75) is 30.2 Å². The number of alkyl halides is 11. The van der Waals surface area contributed by atoms with Crippen molar-refractivity contribution in [2.75, 3.05) is 0 Å². The minimum absolute atomic E-state index is 0.118. The fourth-order valence-corrected chi connectivity index (χ4v) is 1.15. The van der Waals surface area contributed by atoms with Crippen molar-refractivity contribution >= 4 is 22.6 Å². The second-order valence-electron chi connectivity index (χ2n) is 3.13. The van der Waals surface area contributed by atoms with Crippen LogP contribution in [0.3, 0.4) is 0 Å². The average molecular weight is 438 g/mol. The molecular formula is C7H2F11IO. The molecule has 0 unspecified atom stereocenters. The average Bonchev–Trinajstić information content (AvgIpc) is 2.12. The Morgan fingerprint density at radius 2 is 1.10 bits per heavy atom. The smallest absolute Gasteiger partial charge is 0.266 e. The maximum Gasteiger partial charge on any atom is 0.462 e. The van der Waals surface area contributed by atoms with Gasteiger partial charge in [0.15, 0.2) is 0 Å². The van der Waals surface area contributed by atoms with Crippen LogP contribution in [0.4, 0.5) is 48.3 Å². The predicted molar refractivity (Wildman–Crippen MR) is 50.1 cm³/mol. The number of ether oxygens (including phenoxy) is 1.